The van der Waals surface area contributed by atoms with Crippen molar-refractivity contribution in [2.45, 2.75) is 31.6 Å². The summed E-state index contributed by atoms with van der Waals surface area (Å²) in [5.41, 5.74) is 0.621. The van der Waals surface area contributed by atoms with Crippen LogP contribution < -0.4 is 5.32 Å². The van der Waals surface area contributed by atoms with Crippen LogP contribution >= 0.6 is 0 Å². The number of carbonyl (C=O) groups is 1. The van der Waals surface area contributed by atoms with E-state index in [0.29, 0.717) is 30.8 Å². The minimum atomic E-state index is -3.68. The molecular formula is C16H23FN2O4S. The molecule has 1 saturated heterocycles. The Hall–Kier alpha value is -1.51. The van der Waals surface area contributed by atoms with Gasteiger partial charge in [0.15, 0.2) is 0 Å². The van der Waals surface area contributed by atoms with Crippen LogP contribution in [0.15, 0.2) is 17.0 Å². The van der Waals surface area contributed by atoms with Gasteiger partial charge >= 0.3 is 5.97 Å². The van der Waals surface area contributed by atoms with Gasteiger partial charge in [-0.2, -0.15) is 4.31 Å². The number of hydrogen-bond acceptors (Lipinski definition) is 4. The zero-order valence-electron chi connectivity index (χ0n) is 13.9. The van der Waals surface area contributed by atoms with Gasteiger partial charge in [0.1, 0.15) is 5.82 Å². The average Bonchev–Trinajstić information content (AvgIpc) is 2.52. The molecule has 1 fully saturated rings. The van der Waals surface area contributed by atoms with Crippen LogP contribution in [0.2, 0.25) is 0 Å². The normalized spacial score (nSPS) is 19.4. The van der Waals surface area contributed by atoms with Crippen molar-refractivity contribution < 1.29 is 22.7 Å². The number of benzene rings is 1. The van der Waals surface area contributed by atoms with Gasteiger partial charge in [-0.25, -0.2) is 12.8 Å². The smallest absolute Gasteiger partial charge is 0.317 e. The molecule has 1 aromatic rings. The Morgan fingerprint density at radius 3 is 2.58 bits per heavy atom. The largest absolute Gasteiger partial charge is 0.480 e. The van der Waals surface area contributed by atoms with Gasteiger partial charge < -0.3 is 10.4 Å². The lowest BCUT2D eigenvalue weighted by Crippen LogP contribution is -2.43. The Morgan fingerprint density at radius 1 is 1.38 bits per heavy atom. The summed E-state index contributed by atoms with van der Waals surface area (Å²) in [4.78, 5) is 10.7. The van der Waals surface area contributed by atoms with E-state index in [0.717, 1.165) is 12.8 Å². The SMILES string of the molecule is Cc1cc(S(=O)(=O)N2CCCC(CNCC(=O)O)C2)cc(C)c1F. The summed E-state index contributed by atoms with van der Waals surface area (Å²) in [5, 5.41) is 11.5. The molecule has 1 aromatic carbocycles. The molecule has 1 atom stereocenters. The topological polar surface area (TPSA) is 86.7 Å². The van der Waals surface area contributed by atoms with Gasteiger partial charge in [-0.1, -0.05) is 0 Å². The first kappa shape index (κ1) is 18.8. The lowest BCUT2D eigenvalue weighted by molar-refractivity contribution is -0.136. The molecule has 134 valence electrons. The molecule has 0 bridgehead atoms. The maximum atomic E-state index is 13.7. The van der Waals surface area contributed by atoms with E-state index >= 15 is 0 Å². The van der Waals surface area contributed by atoms with Gasteiger partial charge in [0.2, 0.25) is 10.0 Å². The number of rotatable bonds is 6. The minimum absolute atomic E-state index is 0.0653. The molecule has 2 N–H and O–H groups in total. The first-order valence-corrected chi connectivity index (χ1v) is 9.35. The number of sulfonamides is 1. The van der Waals surface area contributed by atoms with Gasteiger partial charge in [0, 0.05) is 13.1 Å². The molecule has 0 aliphatic carbocycles. The van der Waals surface area contributed by atoms with Crippen LogP contribution in [-0.4, -0.2) is 50.0 Å². The van der Waals surface area contributed by atoms with E-state index in [1.54, 1.807) is 13.8 Å². The van der Waals surface area contributed by atoms with Crippen LogP contribution in [0.5, 0.6) is 0 Å². The second-order valence-corrected chi connectivity index (χ2v) is 8.20. The predicted molar refractivity (Wildman–Crippen MR) is 87.9 cm³/mol. The van der Waals surface area contributed by atoms with E-state index in [-0.39, 0.29) is 23.2 Å². The van der Waals surface area contributed by atoms with E-state index in [9.17, 15) is 17.6 Å². The Bertz CT molecular complexity index is 698. The lowest BCUT2D eigenvalue weighted by Gasteiger charge is -2.32. The summed E-state index contributed by atoms with van der Waals surface area (Å²) in [5.74, 6) is -1.26. The van der Waals surface area contributed by atoms with Crippen LogP contribution in [0.4, 0.5) is 4.39 Å². The molecule has 0 radical (unpaired) electrons. The first-order valence-electron chi connectivity index (χ1n) is 7.91. The van der Waals surface area contributed by atoms with Crippen molar-refractivity contribution in [1.29, 1.82) is 0 Å². The molecule has 24 heavy (non-hydrogen) atoms. The summed E-state index contributed by atoms with van der Waals surface area (Å²) < 4.78 is 40.8. The van der Waals surface area contributed by atoms with Crippen LogP contribution in [-0.2, 0) is 14.8 Å². The zero-order valence-corrected chi connectivity index (χ0v) is 14.7. The Balaban J connectivity index is 2.12. The van der Waals surface area contributed by atoms with Crippen molar-refractivity contribution in [3.8, 4) is 0 Å². The van der Waals surface area contributed by atoms with E-state index in [2.05, 4.69) is 5.32 Å². The van der Waals surface area contributed by atoms with E-state index in [4.69, 9.17) is 5.11 Å². The molecule has 0 amide bonds. The van der Waals surface area contributed by atoms with Crippen molar-refractivity contribution in [1.82, 2.24) is 9.62 Å². The number of carboxylic acids is 1. The molecule has 0 spiro atoms. The molecule has 0 aromatic heterocycles. The second-order valence-electron chi connectivity index (χ2n) is 6.27. The molecule has 0 saturated carbocycles. The van der Waals surface area contributed by atoms with Gasteiger partial charge in [-0.3, -0.25) is 4.79 Å². The summed E-state index contributed by atoms with van der Waals surface area (Å²) in [6.07, 6.45) is 1.57. The molecule has 8 heteroatoms. The quantitative estimate of drug-likeness (QED) is 0.805. The van der Waals surface area contributed by atoms with E-state index < -0.39 is 16.0 Å². The first-order chi connectivity index (χ1) is 11.2. The summed E-state index contributed by atoms with van der Waals surface area (Å²) >= 11 is 0. The highest BCUT2D eigenvalue weighted by atomic mass is 32.2. The number of nitrogens with zero attached hydrogens (tertiary/aromatic N) is 1. The van der Waals surface area contributed by atoms with Gasteiger partial charge in [-0.05, 0) is 62.4 Å². The van der Waals surface area contributed by atoms with Gasteiger partial charge in [0.25, 0.3) is 0 Å². The third-order valence-corrected chi connectivity index (χ3v) is 6.08. The number of piperidine rings is 1. The maximum absolute atomic E-state index is 13.7. The van der Waals surface area contributed by atoms with Gasteiger partial charge in [0.05, 0.1) is 11.4 Å². The van der Waals surface area contributed by atoms with Crippen molar-refractivity contribution >= 4 is 16.0 Å². The monoisotopic (exact) mass is 358 g/mol. The fourth-order valence-electron chi connectivity index (χ4n) is 3.00. The van der Waals surface area contributed by atoms with Crippen LogP contribution in [0.25, 0.3) is 0 Å². The number of carboxylic acid groups (broad SMARTS) is 1. The fourth-order valence-corrected chi connectivity index (χ4v) is 4.73. The number of hydrogen-bond donors (Lipinski definition) is 2. The molecule has 1 heterocycles. The standard InChI is InChI=1S/C16H23FN2O4S/c1-11-6-14(7-12(2)16(11)17)24(22,23)19-5-3-4-13(10-19)8-18-9-15(20)21/h6-7,13,18H,3-5,8-10H2,1-2H3,(H,20,21). The Kier molecular flexibility index (Phi) is 5.95. The number of aliphatic carboxylic acids is 1. The Labute approximate surface area is 141 Å². The summed E-state index contributed by atoms with van der Waals surface area (Å²) in [7, 11) is -3.68. The molecular weight excluding hydrogens is 335 g/mol. The summed E-state index contributed by atoms with van der Waals surface area (Å²) in [6.45, 7) is 4.18. The Morgan fingerprint density at radius 2 is 2.00 bits per heavy atom. The number of halogens is 1. The van der Waals surface area contributed by atoms with Gasteiger partial charge in [-0.15, -0.1) is 0 Å². The van der Waals surface area contributed by atoms with Crippen LogP contribution in [0.3, 0.4) is 0 Å². The maximum Gasteiger partial charge on any atom is 0.317 e. The third kappa shape index (κ3) is 4.31. The third-order valence-electron chi connectivity index (χ3n) is 4.24. The summed E-state index contributed by atoms with van der Waals surface area (Å²) in [6, 6.07) is 2.73. The minimum Gasteiger partial charge on any atom is -0.480 e. The second kappa shape index (κ2) is 7.58. The van der Waals surface area contributed by atoms with Crippen molar-refractivity contribution in [2.24, 2.45) is 5.92 Å². The average molecular weight is 358 g/mol. The van der Waals surface area contributed by atoms with Crippen molar-refractivity contribution in [2.75, 3.05) is 26.2 Å². The van der Waals surface area contributed by atoms with E-state index in [1.807, 2.05) is 0 Å². The highest BCUT2D eigenvalue weighted by Crippen LogP contribution is 2.26. The van der Waals surface area contributed by atoms with E-state index in [1.165, 1.54) is 16.4 Å². The lowest BCUT2D eigenvalue weighted by atomic mass is 10.00. The molecule has 6 nitrogen and oxygen atoms in total. The number of nitrogens with one attached hydrogen (secondary N) is 1. The van der Waals surface area contributed by atoms with Crippen LogP contribution in [0, 0.1) is 25.6 Å². The zero-order chi connectivity index (χ0) is 17.9. The highest BCUT2D eigenvalue weighted by Gasteiger charge is 2.30. The number of aryl methyl sites for hydroxylation is 2. The predicted octanol–water partition coefficient (Wildman–Crippen LogP) is 1.52. The van der Waals surface area contributed by atoms with Crippen LogP contribution in [0.1, 0.15) is 24.0 Å². The molecule has 1 aliphatic rings. The van der Waals surface area contributed by atoms with Crippen molar-refractivity contribution in [3.63, 3.8) is 0 Å². The fraction of sp³-hybridized carbons (Fsp3) is 0.562. The molecule has 2 rings (SSSR count). The van der Waals surface area contributed by atoms with Crippen molar-refractivity contribution in [3.05, 3.63) is 29.1 Å². The molecule has 1 aliphatic heterocycles. The molecule has 1 unspecified atom stereocenters. The highest BCUT2D eigenvalue weighted by molar-refractivity contribution is 7.89.